The monoisotopic (exact) mass is 265 g/mol. The summed E-state index contributed by atoms with van der Waals surface area (Å²) in [6.07, 6.45) is 1.09. The minimum atomic E-state index is 0.0918. The van der Waals surface area contributed by atoms with Gasteiger partial charge in [-0.25, -0.2) is 0 Å². The van der Waals surface area contributed by atoms with Gasteiger partial charge in [0.15, 0.2) is 0 Å². The molecule has 4 nitrogen and oxygen atoms in total. The summed E-state index contributed by atoms with van der Waals surface area (Å²) in [6, 6.07) is 5.93. The Morgan fingerprint density at radius 3 is 2.89 bits per heavy atom. The summed E-state index contributed by atoms with van der Waals surface area (Å²) in [5, 5.41) is 0. The molecule has 0 bridgehead atoms. The van der Waals surface area contributed by atoms with E-state index in [0.29, 0.717) is 6.04 Å². The zero-order chi connectivity index (χ0) is 13.1. The van der Waals surface area contributed by atoms with Crippen molar-refractivity contribution in [1.29, 1.82) is 0 Å². The highest BCUT2D eigenvalue weighted by molar-refractivity contribution is 7.99. The highest BCUT2D eigenvalue weighted by atomic mass is 32.2. The van der Waals surface area contributed by atoms with E-state index >= 15 is 0 Å². The molecule has 5 heteroatoms. The summed E-state index contributed by atoms with van der Waals surface area (Å²) in [4.78, 5) is 14.2. The van der Waals surface area contributed by atoms with Gasteiger partial charge in [-0.05, 0) is 42.9 Å². The largest absolute Gasteiger partial charge is 0.338 e. The highest BCUT2D eigenvalue weighted by Crippen LogP contribution is 2.23. The van der Waals surface area contributed by atoms with Gasteiger partial charge in [-0.15, -0.1) is 0 Å². The van der Waals surface area contributed by atoms with Crippen LogP contribution in [-0.4, -0.2) is 35.4 Å². The summed E-state index contributed by atoms with van der Waals surface area (Å²) in [5.41, 5.74) is 5.18. The molecule has 1 unspecified atom stereocenters. The van der Waals surface area contributed by atoms with Crippen LogP contribution in [0.15, 0.2) is 18.2 Å². The van der Waals surface area contributed by atoms with Crippen molar-refractivity contribution in [1.82, 2.24) is 4.90 Å². The lowest BCUT2D eigenvalue weighted by Gasteiger charge is -2.24. The molecule has 1 heterocycles. The number of thioether (sulfide) groups is 1. The fourth-order valence-corrected chi connectivity index (χ4v) is 3.42. The number of nitrogen functional groups attached to an aromatic ring is 1. The molecule has 1 aromatic carbocycles. The molecule has 1 saturated heterocycles. The SMILES string of the molecule is Cc1cc(C(=O)N(C)C2CCSC2)ccc1NN. The predicted octanol–water partition coefficient (Wildman–Crippen LogP) is 1.86. The highest BCUT2D eigenvalue weighted by Gasteiger charge is 2.24. The van der Waals surface area contributed by atoms with E-state index < -0.39 is 0 Å². The average Bonchev–Trinajstić information content (AvgIpc) is 2.90. The van der Waals surface area contributed by atoms with Crippen molar-refractivity contribution >= 4 is 23.4 Å². The number of nitrogens with two attached hydrogens (primary N) is 1. The van der Waals surface area contributed by atoms with Crippen molar-refractivity contribution < 1.29 is 4.79 Å². The first-order valence-corrected chi connectivity index (χ1v) is 7.21. The van der Waals surface area contributed by atoms with Crippen molar-refractivity contribution in [2.45, 2.75) is 19.4 Å². The van der Waals surface area contributed by atoms with E-state index in [2.05, 4.69) is 5.43 Å². The lowest BCUT2D eigenvalue weighted by atomic mass is 10.1. The van der Waals surface area contributed by atoms with E-state index in [1.54, 1.807) is 0 Å². The maximum Gasteiger partial charge on any atom is 0.253 e. The van der Waals surface area contributed by atoms with E-state index in [0.717, 1.165) is 34.7 Å². The minimum Gasteiger partial charge on any atom is -0.338 e. The molecule has 1 aromatic rings. The van der Waals surface area contributed by atoms with Crippen molar-refractivity contribution in [3.63, 3.8) is 0 Å². The van der Waals surface area contributed by atoms with Gasteiger partial charge in [0.05, 0.1) is 5.69 Å². The molecule has 1 amide bonds. The van der Waals surface area contributed by atoms with Crippen LogP contribution in [0.2, 0.25) is 0 Å². The van der Waals surface area contributed by atoms with Crippen LogP contribution in [0.1, 0.15) is 22.3 Å². The van der Waals surface area contributed by atoms with E-state index in [9.17, 15) is 4.79 Å². The lowest BCUT2D eigenvalue weighted by Crippen LogP contribution is -2.37. The molecule has 1 aliphatic rings. The molecule has 0 aliphatic carbocycles. The molecule has 2 rings (SSSR count). The van der Waals surface area contributed by atoms with Crippen LogP contribution in [0.4, 0.5) is 5.69 Å². The van der Waals surface area contributed by atoms with Crippen molar-refractivity contribution in [3.05, 3.63) is 29.3 Å². The Balaban J connectivity index is 2.15. The second kappa shape index (κ2) is 5.63. The third-order valence-corrected chi connectivity index (χ3v) is 4.55. The number of aryl methyl sites for hydroxylation is 1. The molecule has 0 spiro atoms. The Bertz CT molecular complexity index is 444. The molecule has 3 N–H and O–H groups in total. The molecule has 98 valence electrons. The number of hydrazine groups is 1. The van der Waals surface area contributed by atoms with Crippen LogP contribution in [0, 0.1) is 6.92 Å². The standard InChI is InChI=1S/C13H19N3OS/c1-9-7-10(3-4-12(9)15-14)13(17)16(2)11-5-6-18-8-11/h3-4,7,11,15H,5-6,8,14H2,1-2H3. The molecule has 0 saturated carbocycles. The molecule has 18 heavy (non-hydrogen) atoms. The van der Waals surface area contributed by atoms with Gasteiger partial charge < -0.3 is 10.3 Å². The molecular formula is C13H19N3OS. The summed E-state index contributed by atoms with van der Waals surface area (Å²) in [6.45, 7) is 1.94. The Kier molecular flexibility index (Phi) is 4.14. The Hall–Kier alpha value is -1.20. The smallest absolute Gasteiger partial charge is 0.253 e. The van der Waals surface area contributed by atoms with Gasteiger partial charge in [-0.1, -0.05) is 0 Å². The number of nitrogens with zero attached hydrogens (tertiary/aromatic N) is 1. The average molecular weight is 265 g/mol. The summed E-state index contributed by atoms with van der Waals surface area (Å²) in [5.74, 6) is 7.68. The topological polar surface area (TPSA) is 58.4 Å². The Morgan fingerprint density at radius 2 is 2.33 bits per heavy atom. The second-order valence-corrected chi connectivity index (χ2v) is 5.76. The zero-order valence-corrected chi connectivity index (χ0v) is 11.6. The molecular weight excluding hydrogens is 246 g/mol. The van der Waals surface area contributed by atoms with E-state index in [-0.39, 0.29) is 5.91 Å². The van der Waals surface area contributed by atoms with Gasteiger partial charge in [0.1, 0.15) is 0 Å². The number of benzene rings is 1. The van der Waals surface area contributed by atoms with Gasteiger partial charge in [0.2, 0.25) is 0 Å². The quantitative estimate of drug-likeness (QED) is 0.647. The molecule has 1 fully saturated rings. The number of rotatable bonds is 3. The number of nitrogens with one attached hydrogen (secondary N) is 1. The second-order valence-electron chi connectivity index (χ2n) is 4.61. The van der Waals surface area contributed by atoms with Crippen LogP contribution >= 0.6 is 11.8 Å². The third-order valence-electron chi connectivity index (χ3n) is 3.40. The van der Waals surface area contributed by atoms with Crippen LogP contribution < -0.4 is 11.3 Å². The summed E-state index contributed by atoms with van der Waals surface area (Å²) in [7, 11) is 1.89. The van der Waals surface area contributed by atoms with Crippen LogP contribution in [0.25, 0.3) is 0 Å². The van der Waals surface area contributed by atoms with Crippen molar-refractivity contribution in [2.75, 3.05) is 24.0 Å². The molecule has 1 atom stereocenters. The van der Waals surface area contributed by atoms with Gasteiger partial charge in [-0.2, -0.15) is 11.8 Å². The fourth-order valence-electron chi connectivity index (χ4n) is 2.16. The number of amides is 1. The number of carbonyl (C=O) groups is 1. The van der Waals surface area contributed by atoms with Crippen LogP contribution in [0.5, 0.6) is 0 Å². The van der Waals surface area contributed by atoms with Gasteiger partial charge >= 0.3 is 0 Å². The number of hydrogen-bond donors (Lipinski definition) is 2. The zero-order valence-electron chi connectivity index (χ0n) is 10.8. The van der Waals surface area contributed by atoms with E-state index in [1.807, 2.05) is 48.8 Å². The van der Waals surface area contributed by atoms with Crippen molar-refractivity contribution in [2.24, 2.45) is 5.84 Å². The van der Waals surface area contributed by atoms with Gasteiger partial charge in [0.25, 0.3) is 5.91 Å². The van der Waals surface area contributed by atoms with Crippen molar-refractivity contribution in [3.8, 4) is 0 Å². The maximum absolute atomic E-state index is 12.3. The lowest BCUT2D eigenvalue weighted by molar-refractivity contribution is 0.0748. The first-order chi connectivity index (χ1) is 8.63. The first kappa shape index (κ1) is 13.2. The Labute approximate surface area is 112 Å². The number of hydrogen-bond acceptors (Lipinski definition) is 4. The maximum atomic E-state index is 12.3. The van der Waals surface area contributed by atoms with Gasteiger partial charge in [0, 0.05) is 24.4 Å². The minimum absolute atomic E-state index is 0.0918. The summed E-state index contributed by atoms with van der Waals surface area (Å²) < 4.78 is 0. The van der Waals surface area contributed by atoms with Crippen LogP contribution in [0.3, 0.4) is 0 Å². The molecule has 1 aliphatic heterocycles. The normalized spacial score (nSPS) is 18.7. The number of carbonyl (C=O) groups excluding carboxylic acids is 1. The van der Waals surface area contributed by atoms with E-state index in [4.69, 9.17) is 5.84 Å². The van der Waals surface area contributed by atoms with Crippen LogP contribution in [-0.2, 0) is 0 Å². The fraction of sp³-hybridized carbons (Fsp3) is 0.462. The number of anilines is 1. The Morgan fingerprint density at radius 1 is 1.56 bits per heavy atom. The van der Waals surface area contributed by atoms with Gasteiger partial charge in [-0.3, -0.25) is 10.6 Å². The third kappa shape index (κ3) is 2.62. The summed E-state index contributed by atoms with van der Waals surface area (Å²) >= 11 is 1.91. The predicted molar refractivity (Wildman–Crippen MR) is 76.8 cm³/mol. The first-order valence-electron chi connectivity index (χ1n) is 6.05. The van der Waals surface area contributed by atoms with E-state index in [1.165, 1.54) is 0 Å². The molecule has 0 aromatic heterocycles. The molecule has 0 radical (unpaired) electrons.